The number of halogens is 1. The lowest BCUT2D eigenvalue weighted by molar-refractivity contribution is 0.659. The molecule has 1 aromatic rings. The molecule has 11 heavy (non-hydrogen) atoms. The van der Waals surface area contributed by atoms with Crippen molar-refractivity contribution in [1.29, 1.82) is 0 Å². The van der Waals surface area contributed by atoms with Crippen LogP contribution in [0, 0.1) is 12.8 Å². The second kappa shape index (κ2) is 4.21. The van der Waals surface area contributed by atoms with Crippen LogP contribution in [-0.2, 0) is 6.42 Å². The Morgan fingerprint density at radius 3 is 2.91 bits per heavy atom. The van der Waals surface area contributed by atoms with Gasteiger partial charge in [0.15, 0.2) is 0 Å². The van der Waals surface area contributed by atoms with Crippen LogP contribution in [-0.4, -0.2) is 10.3 Å². The van der Waals surface area contributed by atoms with E-state index in [9.17, 15) is 0 Å². The van der Waals surface area contributed by atoms with Gasteiger partial charge < -0.3 is 0 Å². The van der Waals surface area contributed by atoms with Crippen molar-refractivity contribution in [2.24, 2.45) is 5.92 Å². The molecule has 0 bridgehead atoms. The topological polar surface area (TPSA) is 12.9 Å². The van der Waals surface area contributed by atoms with Gasteiger partial charge in [0.05, 0.1) is 5.01 Å². The Hall–Kier alpha value is 0.110. The Morgan fingerprint density at radius 2 is 2.45 bits per heavy atom. The maximum Gasteiger partial charge on any atom is 0.0931 e. The van der Waals surface area contributed by atoms with Gasteiger partial charge in [0.25, 0.3) is 0 Å². The molecule has 0 saturated carbocycles. The van der Waals surface area contributed by atoms with Crippen molar-refractivity contribution in [3.63, 3.8) is 0 Å². The van der Waals surface area contributed by atoms with Gasteiger partial charge >= 0.3 is 0 Å². The monoisotopic (exact) mass is 233 g/mol. The van der Waals surface area contributed by atoms with Crippen LogP contribution in [0.25, 0.3) is 0 Å². The summed E-state index contributed by atoms with van der Waals surface area (Å²) in [5.74, 6) is 0.695. The molecular formula is C8H12BrNS. The third kappa shape index (κ3) is 2.91. The van der Waals surface area contributed by atoms with Gasteiger partial charge in [-0.05, 0) is 12.8 Å². The first-order valence-corrected chi connectivity index (χ1v) is 5.69. The minimum absolute atomic E-state index is 0.695. The van der Waals surface area contributed by atoms with Crippen LogP contribution in [0.3, 0.4) is 0 Å². The lowest BCUT2D eigenvalue weighted by atomic mass is 10.1. The molecular weight excluding hydrogens is 222 g/mol. The molecule has 0 fully saturated rings. The van der Waals surface area contributed by atoms with Crippen LogP contribution in [0.1, 0.15) is 17.6 Å². The highest BCUT2D eigenvalue weighted by Gasteiger charge is 2.04. The van der Waals surface area contributed by atoms with E-state index >= 15 is 0 Å². The van der Waals surface area contributed by atoms with Gasteiger partial charge in [0.1, 0.15) is 0 Å². The maximum atomic E-state index is 4.40. The van der Waals surface area contributed by atoms with E-state index in [-0.39, 0.29) is 0 Å². The van der Waals surface area contributed by atoms with Crippen LogP contribution in [0.4, 0.5) is 0 Å². The molecule has 1 rings (SSSR count). The van der Waals surface area contributed by atoms with E-state index in [1.165, 1.54) is 5.01 Å². The SMILES string of the molecule is Cc1csc(CC(C)CBr)n1. The number of alkyl halides is 1. The van der Waals surface area contributed by atoms with Crippen molar-refractivity contribution >= 4 is 27.3 Å². The molecule has 0 spiro atoms. The zero-order valence-corrected chi connectivity index (χ0v) is 9.20. The molecule has 1 nitrogen and oxygen atoms in total. The number of thiazole rings is 1. The van der Waals surface area contributed by atoms with Gasteiger partial charge in [-0.25, -0.2) is 4.98 Å². The molecule has 3 heteroatoms. The second-order valence-electron chi connectivity index (χ2n) is 2.85. The third-order valence-corrected chi connectivity index (χ3v) is 3.55. The highest BCUT2D eigenvalue weighted by atomic mass is 79.9. The molecule has 0 aliphatic rings. The Kier molecular flexibility index (Phi) is 3.52. The molecule has 0 aromatic carbocycles. The van der Waals surface area contributed by atoms with Gasteiger partial charge in [-0.3, -0.25) is 0 Å². The zero-order valence-electron chi connectivity index (χ0n) is 6.80. The maximum absolute atomic E-state index is 4.40. The molecule has 0 N–H and O–H groups in total. The fourth-order valence-electron chi connectivity index (χ4n) is 0.849. The highest BCUT2D eigenvalue weighted by Crippen LogP contribution is 2.14. The van der Waals surface area contributed by atoms with Gasteiger partial charge in [-0.1, -0.05) is 22.9 Å². The summed E-state index contributed by atoms with van der Waals surface area (Å²) in [5, 5.41) is 4.43. The first-order chi connectivity index (χ1) is 5.22. The minimum Gasteiger partial charge on any atom is -0.247 e. The van der Waals surface area contributed by atoms with Gasteiger partial charge in [0, 0.05) is 22.8 Å². The van der Waals surface area contributed by atoms with E-state index in [4.69, 9.17) is 0 Å². The van der Waals surface area contributed by atoms with Crippen molar-refractivity contribution < 1.29 is 0 Å². The van der Waals surface area contributed by atoms with E-state index in [1.807, 2.05) is 6.92 Å². The predicted octanol–water partition coefficient (Wildman–Crippen LogP) is 3.03. The molecule has 0 aliphatic carbocycles. The molecule has 0 aliphatic heterocycles. The number of aromatic nitrogens is 1. The molecule has 1 aromatic heterocycles. The summed E-state index contributed by atoms with van der Waals surface area (Å²) >= 11 is 5.22. The van der Waals surface area contributed by atoms with Gasteiger partial charge in [-0.2, -0.15) is 0 Å². The quantitative estimate of drug-likeness (QED) is 0.732. The molecule has 1 unspecified atom stereocenters. The smallest absolute Gasteiger partial charge is 0.0931 e. The fraction of sp³-hybridized carbons (Fsp3) is 0.625. The first-order valence-electron chi connectivity index (χ1n) is 3.69. The Bertz CT molecular complexity index is 222. The average Bonchev–Trinajstić information content (AvgIpc) is 2.35. The number of nitrogens with zero attached hydrogens (tertiary/aromatic N) is 1. The first kappa shape index (κ1) is 9.20. The van der Waals surface area contributed by atoms with Gasteiger partial charge in [-0.15, -0.1) is 11.3 Å². The van der Waals surface area contributed by atoms with E-state index in [0.29, 0.717) is 5.92 Å². The van der Waals surface area contributed by atoms with Crippen molar-refractivity contribution in [1.82, 2.24) is 4.98 Å². The molecule has 0 radical (unpaired) electrons. The molecule has 0 amide bonds. The molecule has 62 valence electrons. The van der Waals surface area contributed by atoms with Crippen LogP contribution < -0.4 is 0 Å². The predicted molar refractivity (Wildman–Crippen MR) is 53.5 cm³/mol. The normalized spacial score (nSPS) is 13.4. The van der Waals surface area contributed by atoms with Crippen molar-refractivity contribution in [2.75, 3.05) is 5.33 Å². The number of rotatable bonds is 3. The summed E-state index contributed by atoms with van der Waals surface area (Å²) < 4.78 is 0. The lowest BCUT2D eigenvalue weighted by Gasteiger charge is -2.02. The Balaban J connectivity index is 2.50. The van der Waals surface area contributed by atoms with Crippen LogP contribution in [0.15, 0.2) is 5.38 Å². The minimum atomic E-state index is 0.695. The van der Waals surface area contributed by atoms with Crippen LogP contribution in [0.2, 0.25) is 0 Å². The molecule has 1 atom stereocenters. The number of hydrogen-bond acceptors (Lipinski definition) is 2. The average molecular weight is 234 g/mol. The second-order valence-corrected chi connectivity index (χ2v) is 4.44. The summed E-state index contributed by atoms with van der Waals surface area (Å²) in [6, 6.07) is 0. The largest absolute Gasteiger partial charge is 0.247 e. The highest BCUT2D eigenvalue weighted by molar-refractivity contribution is 9.09. The Morgan fingerprint density at radius 1 is 1.73 bits per heavy atom. The summed E-state index contributed by atoms with van der Waals surface area (Å²) in [6.07, 6.45) is 1.10. The standard InChI is InChI=1S/C8H12BrNS/c1-6(4-9)3-8-10-7(2)5-11-8/h5-6H,3-4H2,1-2H3. The van der Waals surface area contributed by atoms with E-state index in [0.717, 1.165) is 17.4 Å². The summed E-state index contributed by atoms with van der Waals surface area (Å²) in [5.41, 5.74) is 1.15. The lowest BCUT2D eigenvalue weighted by Crippen LogP contribution is -1.99. The zero-order chi connectivity index (χ0) is 8.27. The van der Waals surface area contributed by atoms with E-state index in [2.05, 4.69) is 33.2 Å². The number of aryl methyl sites for hydroxylation is 1. The van der Waals surface area contributed by atoms with Gasteiger partial charge in [0.2, 0.25) is 0 Å². The number of hydrogen-bond donors (Lipinski definition) is 0. The van der Waals surface area contributed by atoms with Crippen molar-refractivity contribution in [3.8, 4) is 0 Å². The van der Waals surface area contributed by atoms with Crippen molar-refractivity contribution in [3.05, 3.63) is 16.1 Å². The third-order valence-electron chi connectivity index (χ3n) is 1.45. The van der Waals surface area contributed by atoms with Crippen LogP contribution in [0.5, 0.6) is 0 Å². The Labute approximate surface area is 80.0 Å². The van der Waals surface area contributed by atoms with Crippen LogP contribution >= 0.6 is 27.3 Å². The summed E-state index contributed by atoms with van der Waals surface area (Å²) in [7, 11) is 0. The molecule has 1 heterocycles. The summed E-state index contributed by atoms with van der Waals surface area (Å²) in [6.45, 7) is 4.27. The van der Waals surface area contributed by atoms with E-state index < -0.39 is 0 Å². The fourth-order valence-corrected chi connectivity index (χ4v) is 2.01. The molecule has 0 saturated heterocycles. The van der Waals surface area contributed by atoms with Crippen molar-refractivity contribution in [2.45, 2.75) is 20.3 Å². The summed E-state index contributed by atoms with van der Waals surface area (Å²) in [4.78, 5) is 4.40. The van der Waals surface area contributed by atoms with E-state index in [1.54, 1.807) is 11.3 Å².